The van der Waals surface area contributed by atoms with Crippen LogP contribution in [0.25, 0.3) is 0 Å². The Morgan fingerprint density at radius 1 is 1.19 bits per heavy atom. The molecule has 9 heteroatoms. The number of aryl methyl sites for hydroxylation is 1. The standard InChI is InChI=1S/C23H28N2O7/c1-8-5-6-10-9(2)11-7-12-16(25(3)4)19(28)15(22(24)31)21(30)23(12,32)20(29)14(11)18(27)13(10)17(8)26/h5-6,9,11-12,14-16,18,26-27,32H,7H2,1-4H3,(H2,24,31). The van der Waals surface area contributed by atoms with E-state index in [9.17, 15) is 34.5 Å². The van der Waals surface area contributed by atoms with Crippen LogP contribution in [0.4, 0.5) is 0 Å². The fraction of sp³-hybridized carbons (Fsp3) is 0.565. The van der Waals surface area contributed by atoms with Crippen LogP contribution < -0.4 is 5.73 Å². The minimum Gasteiger partial charge on any atom is -0.507 e. The van der Waals surface area contributed by atoms with Crippen LogP contribution in [0, 0.1) is 30.6 Å². The van der Waals surface area contributed by atoms with Gasteiger partial charge in [0.1, 0.15) is 5.75 Å². The third-order valence-electron chi connectivity index (χ3n) is 7.86. The molecule has 1 aromatic rings. The van der Waals surface area contributed by atoms with E-state index in [1.165, 1.54) is 4.90 Å². The number of aliphatic hydroxyl groups is 2. The molecule has 0 spiro atoms. The van der Waals surface area contributed by atoms with Crippen molar-refractivity contribution in [2.24, 2.45) is 29.4 Å². The van der Waals surface area contributed by atoms with Crippen molar-refractivity contribution in [3.05, 3.63) is 28.8 Å². The van der Waals surface area contributed by atoms with Crippen LogP contribution in [0.2, 0.25) is 0 Å². The first kappa shape index (κ1) is 22.6. The lowest BCUT2D eigenvalue weighted by Gasteiger charge is -2.55. The van der Waals surface area contributed by atoms with Crippen LogP contribution in [-0.4, -0.2) is 69.2 Å². The van der Waals surface area contributed by atoms with Crippen LogP contribution in [0.5, 0.6) is 5.75 Å². The van der Waals surface area contributed by atoms with E-state index in [1.54, 1.807) is 33.2 Å². The van der Waals surface area contributed by atoms with Gasteiger partial charge in [0.2, 0.25) is 5.91 Å². The van der Waals surface area contributed by atoms with Gasteiger partial charge in [0.25, 0.3) is 0 Å². The quantitative estimate of drug-likeness (QED) is 0.448. The van der Waals surface area contributed by atoms with Crippen molar-refractivity contribution < 1.29 is 34.5 Å². The lowest BCUT2D eigenvalue weighted by atomic mass is 9.50. The number of Topliss-reactive ketones (excluding diaryl/α,β-unsaturated/α-hetero) is 3. The second kappa shape index (κ2) is 7.19. The summed E-state index contributed by atoms with van der Waals surface area (Å²) in [5.41, 5.74) is 4.10. The van der Waals surface area contributed by atoms with Gasteiger partial charge in [0.05, 0.1) is 18.1 Å². The molecule has 3 aliphatic rings. The minimum absolute atomic E-state index is 0.102. The molecule has 172 valence electrons. The second-order valence-electron chi connectivity index (χ2n) is 9.64. The molecule has 9 nitrogen and oxygen atoms in total. The number of aromatic hydroxyl groups is 1. The predicted octanol–water partition coefficient (Wildman–Crippen LogP) is -0.413. The smallest absolute Gasteiger partial charge is 0.235 e. The van der Waals surface area contributed by atoms with Crippen LogP contribution in [0.15, 0.2) is 12.1 Å². The molecule has 4 rings (SSSR count). The fourth-order valence-corrected chi connectivity index (χ4v) is 6.25. The summed E-state index contributed by atoms with van der Waals surface area (Å²) in [6.07, 6.45) is -1.34. The number of likely N-dealkylation sites (N-methyl/N-ethyl adjacent to an activating group) is 1. The third-order valence-corrected chi connectivity index (χ3v) is 7.86. The van der Waals surface area contributed by atoms with E-state index < -0.39 is 64.7 Å². The summed E-state index contributed by atoms with van der Waals surface area (Å²) in [5.74, 6) is -9.21. The van der Waals surface area contributed by atoms with Crippen LogP contribution in [-0.2, 0) is 19.2 Å². The largest absolute Gasteiger partial charge is 0.507 e. The molecule has 0 heterocycles. The summed E-state index contributed by atoms with van der Waals surface area (Å²) in [6, 6.07) is 2.45. The molecule has 5 N–H and O–H groups in total. The van der Waals surface area contributed by atoms with Crippen LogP contribution in [0.3, 0.4) is 0 Å². The van der Waals surface area contributed by atoms with Gasteiger partial charge >= 0.3 is 0 Å². The Bertz CT molecular complexity index is 1050. The van der Waals surface area contributed by atoms with Crippen molar-refractivity contribution in [3.8, 4) is 5.75 Å². The van der Waals surface area contributed by atoms with E-state index in [0.717, 1.165) is 0 Å². The average Bonchev–Trinajstić information content (AvgIpc) is 2.70. The molecule has 0 saturated heterocycles. The number of carbonyl (C=O) groups is 4. The van der Waals surface area contributed by atoms with E-state index >= 15 is 0 Å². The number of hydrogen-bond acceptors (Lipinski definition) is 8. The first-order valence-corrected chi connectivity index (χ1v) is 10.7. The van der Waals surface area contributed by atoms with Crippen molar-refractivity contribution in [1.29, 1.82) is 0 Å². The van der Waals surface area contributed by atoms with Crippen molar-refractivity contribution in [2.45, 2.75) is 43.9 Å². The van der Waals surface area contributed by atoms with Gasteiger partial charge in [-0.25, -0.2) is 0 Å². The highest BCUT2D eigenvalue weighted by Crippen LogP contribution is 2.57. The van der Waals surface area contributed by atoms with E-state index in [0.29, 0.717) is 11.1 Å². The zero-order valence-corrected chi connectivity index (χ0v) is 18.4. The Morgan fingerprint density at radius 3 is 2.38 bits per heavy atom. The fourth-order valence-electron chi connectivity index (χ4n) is 6.25. The molecule has 3 aliphatic carbocycles. The number of nitrogens with zero attached hydrogens (tertiary/aromatic N) is 1. The molecular weight excluding hydrogens is 416 g/mol. The SMILES string of the molecule is Cc1ccc2c(c1O)C(O)C1C(=O)C3(O)C(=O)C(C(N)=O)C(=O)C(N(C)C)C3CC1C2C. The highest BCUT2D eigenvalue weighted by Gasteiger charge is 2.69. The first-order chi connectivity index (χ1) is 14.8. The van der Waals surface area contributed by atoms with E-state index in [-0.39, 0.29) is 23.7 Å². The Hall–Kier alpha value is -2.62. The number of benzene rings is 1. The van der Waals surface area contributed by atoms with Gasteiger partial charge in [0.15, 0.2) is 28.9 Å². The van der Waals surface area contributed by atoms with Gasteiger partial charge in [-0.3, -0.25) is 24.1 Å². The topological polar surface area (TPSA) is 158 Å². The van der Waals surface area contributed by atoms with Gasteiger partial charge in [-0.15, -0.1) is 0 Å². The molecule has 0 bridgehead atoms. The Labute approximate surface area is 185 Å². The first-order valence-electron chi connectivity index (χ1n) is 10.7. The lowest BCUT2D eigenvalue weighted by Crippen LogP contribution is -2.74. The predicted molar refractivity (Wildman–Crippen MR) is 111 cm³/mol. The number of phenols is 1. The normalized spacial score (nSPS) is 38.8. The summed E-state index contributed by atoms with van der Waals surface area (Å²) >= 11 is 0. The van der Waals surface area contributed by atoms with Crippen LogP contribution >= 0.6 is 0 Å². The number of hydrogen-bond donors (Lipinski definition) is 4. The Morgan fingerprint density at radius 2 is 1.81 bits per heavy atom. The monoisotopic (exact) mass is 444 g/mol. The number of ketones is 3. The van der Waals surface area contributed by atoms with Gasteiger partial charge in [-0.2, -0.15) is 0 Å². The molecule has 1 aromatic carbocycles. The second-order valence-corrected chi connectivity index (χ2v) is 9.64. The number of phenolic OH excluding ortho intramolecular Hbond substituents is 1. The van der Waals surface area contributed by atoms with E-state index in [2.05, 4.69) is 0 Å². The molecule has 0 radical (unpaired) electrons. The highest BCUT2D eigenvalue weighted by molar-refractivity contribution is 6.30. The maximum absolute atomic E-state index is 13.7. The molecule has 2 saturated carbocycles. The zero-order valence-electron chi connectivity index (χ0n) is 18.4. The van der Waals surface area contributed by atoms with Gasteiger partial charge < -0.3 is 21.1 Å². The number of aliphatic hydroxyl groups excluding tert-OH is 1. The number of carbonyl (C=O) groups excluding carboxylic acids is 4. The van der Waals surface area contributed by atoms with E-state index in [4.69, 9.17) is 5.73 Å². The summed E-state index contributed by atoms with van der Waals surface area (Å²) in [5, 5.41) is 33.3. The van der Waals surface area contributed by atoms with E-state index in [1.807, 2.05) is 6.92 Å². The van der Waals surface area contributed by atoms with Crippen molar-refractivity contribution >= 4 is 23.3 Å². The molecular formula is C23H28N2O7. The van der Waals surface area contributed by atoms with Crippen molar-refractivity contribution in [1.82, 2.24) is 4.90 Å². The Balaban J connectivity index is 1.90. The summed E-state index contributed by atoms with van der Waals surface area (Å²) < 4.78 is 0. The number of fused-ring (bicyclic) bond motifs is 3. The van der Waals surface area contributed by atoms with Crippen molar-refractivity contribution in [3.63, 3.8) is 0 Å². The summed E-state index contributed by atoms with van der Waals surface area (Å²) in [6.45, 7) is 3.53. The Kier molecular flexibility index (Phi) is 5.07. The molecule has 1 amide bonds. The molecule has 8 unspecified atom stereocenters. The number of amides is 1. The minimum atomic E-state index is -2.64. The number of primary amides is 1. The molecule has 8 atom stereocenters. The van der Waals surface area contributed by atoms with Gasteiger partial charge in [-0.1, -0.05) is 19.1 Å². The zero-order chi connectivity index (χ0) is 23.9. The summed E-state index contributed by atoms with van der Waals surface area (Å²) in [4.78, 5) is 53.4. The number of rotatable bonds is 2. The van der Waals surface area contributed by atoms with Gasteiger partial charge in [-0.05, 0) is 50.4 Å². The molecule has 2 fully saturated rings. The van der Waals surface area contributed by atoms with Crippen LogP contribution in [0.1, 0.15) is 42.1 Å². The maximum Gasteiger partial charge on any atom is 0.235 e. The molecule has 0 aliphatic heterocycles. The molecule has 0 aromatic heterocycles. The number of nitrogens with two attached hydrogens (primary N) is 1. The average molecular weight is 444 g/mol. The molecule has 32 heavy (non-hydrogen) atoms. The lowest BCUT2D eigenvalue weighted by molar-refractivity contribution is -0.187. The maximum atomic E-state index is 13.7. The van der Waals surface area contributed by atoms with Crippen molar-refractivity contribution in [2.75, 3.05) is 14.1 Å². The highest BCUT2D eigenvalue weighted by atomic mass is 16.3. The third kappa shape index (κ3) is 2.68. The van der Waals surface area contributed by atoms with Gasteiger partial charge in [0, 0.05) is 11.5 Å². The summed E-state index contributed by atoms with van der Waals surface area (Å²) in [7, 11) is 3.14.